The van der Waals surface area contributed by atoms with E-state index in [-0.39, 0.29) is 11.9 Å². The Bertz CT molecular complexity index is 461. The average Bonchev–Trinajstić information content (AvgIpc) is 2.49. The molecular formula is C16H26N2O3. The van der Waals surface area contributed by atoms with Crippen LogP contribution in [0.4, 0.5) is 0 Å². The molecule has 0 saturated heterocycles. The molecule has 0 fully saturated rings. The highest BCUT2D eigenvalue weighted by Crippen LogP contribution is 2.27. The van der Waals surface area contributed by atoms with Crippen molar-refractivity contribution in [3.8, 4) is 11.5 Å². The smallest absolute Gasteiger partial charge is 0.236 e. The molecule has 0 saturated carbocycles. The summed E-state index contributed by atoms with van der Waals surface area (Å²) in [5, 5.41) is 6.00. The van der Waals surface area contributed by atoms with Crippen LogP contribution in [-0.4, -0.2) is 33.2 Å². The second-order valence-corrected chi connectivity index (χ2v) is 5.37. The Labute approximate surface area is 127 Å². The number of hydrogen-bond donors (Lipinski definition) is 2. The summed E-state index contributed by atoms with van der Waals surface area (Å²) >= 11 is 0. The van der Waals surface area contributed by atoms with Crippen LogP contribution in [0.15, 0.2) is 18.2 Å². The first kappa shape index (κ1) is 17.3. The first-order valence-electron chi connectivity index (χ1n) is 7.17. The van der Waals surface area contributed by atoms with Gasteiger partial charge in [-0.15, -0.1) is 0 Å². The molecule has 2 N–H and O–H groups in total. The Balaban J connectivity index is 2.73. The van der Waals surface area contributed by atoms with Crippen LogP contribution in [-0.2, 0) is 11.3 Å². The number of likely N-dealkylation sites (N-methyl/N-ethyl adjacent to an activating group) is 1. The number of methoxy groups -OCH3 is 2. The van der Waals surface area contributed by atoms with E-state index in [9.17, 15) is 4.79 Å². The fraction of sp³-hybridized carbons (Fsp3) is 0.562. The van der Waals surface area contributed by atoms with E-state index in [4.69, 9.17) is 9.47 Å². The molecule has 1 aromatic rings. The van der Waals surface area contributed by atoms with Crippen LogP contribution in [0.1, 0.15) is 25.8 Å². The predicted octanol–water partition coefficient (Wildman–Crippen LogP) is 1.95. The molecule has 1 rings (SSSR count). The third kappa shape index (κ3) is 5.27. The van der Waals surface area contributed by atoms with E-state index in [1.807, 2.05) is 18.2 Å². The largest absolute Gasteiger partial charge is 0.493 e. The molecule has 1 aromatic carbocycles. The maximum Gasteiger partial charge on any atom is 0.236 e. The van der Waals surface area contributed by atoms with Crippen molar-refractivity contribution in [2.75, 3.05) is 21.3 Å². The molecule has 0 aliphatic carbocycles. The van der Waals surface area contributed by atoms with E-state index < -0.39 is 0 Å². The van der Waals surface area contributed by atoms with Crippen molar-refractivity contribution in [2.24, 2.45) is 5.92 Å². The number of carbonyl (C=O) groups excluding carboxylic acids is 1. The number of carbonyl (C=O) groups is 1. The normalized spacial score (nSPS) is 12.1. The van der Waals surface area contributed by atoms with Crippen molar-refractivity contribution in [2.45, 2.75) is 32.9 Å². The molecule has 0 heterocycles. The van der Waals surface area contributed by atoms with Crippen LogP contribution in [0.2, 0.25) is 0 Å². The lowest BCUT2D eigenvalue weighted by molar-refractivity contribution is -0.123. The minimum Gasteiger partial charge on any atom is -0.493 e. The monoisotopic (exact) mass is 294 g/mol. The Morgan fingerprint density at radius 1 is 1.19 bits per heavy atom. The third-order valence-corrected chi connectivity index (χ3v) is 3.27. The van der Waals surface area contributed by atoms with Gasteiger partial charge in [0, 0.05) is 13.6 Å². The van der Waals surface area contributed by atoms with Gasteiger partial charge >= 0.3 is 0 Å². The maximum atomic E-state index is 11.9. The lowest BCUT2D eigenvalue weighted by Gasteiger charge is -2.19. The summed E-state index contributed by atoms with van der Waals surface area (Å²) in [5.74, 6) is 1.86. The van der Waals surface area contributed by atoms with E-state index in [1.54, 1.807) is 21.3 Å². The van der Waals surface area contributed by atoms with Crippen LogP contribution < -0.4 is 20.1 Å². The van der Waals surface area contributed by atoms with Crippen molar-refractivity contribution < 1.29 is 14.3 Å². The van der Waals surface area contributed by atoms with Gasteiger partial charge in [0.05, 0.1) is 20.3 Å². The highest BCUT2D eigenvalue weighted by atomic mass is 16.5. The van der Waals surface area contributed by atoms with E-state index in [2.05, 4.69) is 24.5 Å². The molecule has 21 heavy (non-hydrogen) atoms. The van der Waals surface area contributed by atoms with Crippen molar-refractivity contribution in [3.63, 3.8) is 0 Å². The molecule has 0 aliphatic heterocycles. The molecule has 0 spiro atoms. The highest BCUT2D eigenvalue weighted by Gasteiger charge is 2.18. The van der Waals surface area contributed by atoms with Crippen LogP contribution in [0.25, 0.3) is 0 Å². The lowest BCUT2D eigenvalue weighted by Crippen LogP contribution is -2.43. The van der Waals surface area contributed by atoms with E-state index >= 15 is 0 Å². The minimum absolute atomic E-state index is 0.0178. The predicted molar refractivity (Wildman–Crippen MR) is 83.7 cm³/mol. The van der Waals surface area contributed by atoms with Crippen molar-refractivity contribution in [3.05, 3.63) is 23.8 Å². The quantitative estimate of drug-likeness (QED) is 0.769. The number of amides is 1. The summed E-state index contributed by atoms with van der Waals surface area (Å²) in [5.41, 5.74) is 1.05. The number of benzene rings is 1. The van der Waals surface area contributed by atoms with Gasteiger partial charge in [-0.25, -0.2) is 0 Å². The second-order valence-electron chi connectivity index (χ2n) is 5.37. The van der Waals surface area contributed by atoms with Crippen LogP contribution in [0, 0.1) is 5.92 Å². The molecule has 118 valence electrons. The van der Waals surface area contributed by atoms with Crippen LogP contribution in [0.5, 0.6) is 11.5 Å². The number of rotatable bonds is 8. The van der Waals surface area contributed by atoms with Gasteiger partial charge in [-0.05, 0) is 30.0 Å². The SMILES string of the molecule is CNC(=O)C(CC(C)C)NCc1ccc(OC)c(OC)c1. The molecular weight excluding hydrogens is 268 g/mol. The van der Waals surface area contributed by atoms with Crippen molar-refractivity contribution in [1.82, 2.24) is 10.6 Å². The second kappa shape index (κ2) is 8.52. The standard InChI is InChI=1S/C16H26N2O3/c1-11(2)8-13(16(19)17-3)18-10-12-6-7-14(20-4)15(9-12)21-5/h6-7,9,11,13,18H,8,10H2,1-5H3,(H,17,19). The Morgan fingerprint density at radius 3 is 2.38 bits per heavy atom. The zero-order valence-electron chi connectivity index (χ0n) is 13.5. The minimum atomic E-state index is -0.192. The lowest BCUT2D eigenvalue weighted by atomic mass is 10.0. The van der Waals surface area contributed by atoms with Gasteiger partial charge in [-0.1, -0.05) is 19.9 Å². The molecule has 5 heteroatoms. The van der Waals surface area contributed by atoms with Gasteiger partial charge in [-0.2, -0.15) is 0 Å². The molecule has 0 aliphatic rings. The molecule has 5 nitrogen and oxygen atoms in total. The molecule has 0 aromatic heterocycles. The molecule has 0 bridgehead atoms. The van der Waals surface area contributed by atoms with Gasteiger partial charge in [0.1, 0.15) is 0 Å². The summed E-state index contributed by atoms with van der Waals surface area (Å²) in [6, 6.07) is 5.56. The highest BCUT2D eigenvalue weighted by molar-refractivity contribution is 5.81. The number of ether oxygens (including phenoxy) is 2. The summed E-state index contributed by atoms with van der Waals surface area (Å²) in [6.07, 6.45) is 0.799. The topological polar surface area (TPSA) is 59.6 Å². The van der Waals surface area contributed by atoms with Crippen molar-refractivity contribution in [1.29, 1.82) is 0 Å². The van der Waals surface area contributed by atoms with Gasteiger partial charge in [0.2, 0.25) is 5.91 Å². The Kier molecular flexibility index (Phi) is 7.02. The fourth-order valence-electron chi connectivity index (χ4n) is 2.16. The molecule has 1 atom stereocenters. The molecule has 1 unspecified atom stereocenters. The van der Waals surface area contributed by atoms with Crippen molar-refractivity contribution >= 4 is 5.91 Å². The summed E-state index contributed by atoms with van der Waals surface area (Å²) in [6.45, 7) is 4.81. The number of nitrogens with one attached hydrogen (secondary N) is 2. The van der Waals surface area contributed by atoms with E-state index in [1.165, 1.54) is 0 Å². The summed E-state index contributed by atoms with van der Waals surface area (Å²) in [4.78, 5) is 11.9. The van der Waals surface area contributed by atoms with E-state index in [0.717, 1.165) is 12.0 Å². The fourth-order valence-corrected chi connectivity index (χ4v) is 2.16. The molecule has 0 radical (unpaired) electrons. The Hall–Kier alpha value is -1.75. The first-order valence-corrected chi connectivity index (χ1v) is 7.17. The van der Waals surface area contributed by atoms with Gasteiger partial charge in [0.25, 0.3) is 0 Å². The van der Waals surface area contributed by atoms with E-state index in [0.29, 0.717) is 24.0 Å². The average molecular weight is 294 g/mol. The molecule has 1 amide bonds. The first-order chi connectivity index (χ1) is 10.0. The maximum absolute atomic E-state index is 11.9. The number of hydrogen-bond acceptors (Lipinski definition) is 4. The zero-order chi connectivity index (χ0) is 15.8. The third-order valence-electron chi connectivity index (χ3n) is 3.27. The van der Waals surface area contributed by atoms with Gasteiger partial charge in [-0.3, -0.25) is 4.79 Å². The van der Waals surface area contributed by atoms with Gasteiger partial charge in [0.15, 0.2) is 11.5 Å². The van der Waals surface area contributed by atoms with Crippen LogP contribution >= 0.6 is 0 Å². The summed E-state index contributed by atoms with van der Waals surface area (Å²) in [7, 11) is 4.88. The van der Waals surface area contributed by atoms with Gasteiger partial charge < -0.3 is 20.1 Å². The summed E-state index contributed by atoms with van der Waals surface area (Å²) < 4.78 is 10.5. The Morgan fingerprint density at radius 2 is 1.86 bits per heavy atom. The zero-order valence-corrected chi connectivity index (χ0v) is 13.5. The van der Waals surface area contributed by atoms with Crippen LogP contribution in [0.3, 0.4) is 0 Å².